The first-order chi connectivity index (χ1) is 13.8. The first-order valence-corrected chi connectivity index (χ1v) is 10.6. The van der Waals surface area contributed by atoms with E-state index in [1.165, 1.54) is 29.3 Å². The Kier molecular flexibility index (Phi) is 4.94. The summed E-state index contributed by atoms with van der Waals surface area (Å²) in [5.74, 6) is -1.05. The van der Waals surface area contributed by atoms with Gasteiger partial charge in [-0.05, 0) is 59.0 Å². The molecule has 0 fully saturated rings. The molecule has 3 aromatic carbocycles. The summed E-state index contributed by atoms with van der Waals surface area (Å²) in [6.45, 7) is -0.568. The molecule has 0 aromatic heterocycles. The molecule has 148 valence electrons. The molecule has 1 aliphatic rings. The van der Waals surface area contributed by atoms with Crippen LogP contribution in [0.1, 0.15) is 11.1 Å². The zero-order valence-corrected chi connectivity index (χ0v) is 16.6. The van der Waals surface area contributed by atoms with Gasteiger partial charge in [0.05, 0.1) is 9.92 Å². The molecule has 6 nitrogen and oxygen atoms in total. The molecule has 29 heavy (non-hydrogen) atoms. The van der Waals surface area contributed by atoms with Crippen LogP contribution in [0.25, 0.3) is 11.1 Å². The van der Waals surface area contributed by atoms with E-state index in [1.54, 1.807) is 6.07 Å². The van der Waals surface area contributed by atoms with Crippen molar-refractivity contribution in [3.05, 3.63) is 76.8 Å². The van der Waals surface area contributed by atoms with Gasteiger partial charge in [0.15, 0.2) is 6.61 Å². The summed E-state index contributed by atoms with van der Waals surface area (Å²) in [6.07, 6.45) is 0.752. The fourth-order valence-electron chi connectivity index (χ4n) is 3.33. The number of carbonyl (C=O) groups is 1. The normalized spacial score (nSPS) is 12.2. The van der Waals surface area contributed by atoms with Gasteiger partial charge in [-0.15, -0.1) is 0 Å². The standard InChI is InChI=1S/C21H16ClNO5S/c22-19-11-16(6-8-20(19)28-12-21(24)25)29(26,27)23-15-5-7-18-14(10-15)9-13-3-1-2-4-17(13)18/h1-8,10-11,23H,9,12H2,(H,24,25). The van der Waals surface area contributed by atoms with Crippen molar-refractivity contribution < 1.29 is 23.1 Å². The van der Waals surface area contributed by atoms with Gasteiger partial charge in [-0.1, -0.05) is 41.9 Å². The molecule has 0 amide bonds. The van der Waals surface area contributed by atoms with Crippen LogP contribution in [-0.2, 0) is 21.2 Å². The lowest BCUT2D eigenvalue weighted by atomic mass is 10.1. The lowest BCUT2D eigenvalue weighted by Crippen LogP contribution is -2.14. The number of benzene rings is 3. The van der Waals surface area contributed by atoms with E-state index in [2.05, 4.69) is 16.9 Å². The smallest absolute Gasteiger partial charge is 0.341 e. The largest absolute Gasteiger partial charge is 0.480 e. The first-order valence-electron chi connectivity index (χ1n) is 8.72. The summed E-state index contributed by atoms with van der Waals surface area (Å²) >= 11 is 6.04. The summed E-state index contributed by atoms with van der Waals surface area (Å²) in [7, 11) is -3.88. The maximum Gasteiger partial charge on any atom is 0.341 e. The van der Waals surface area contributed by atoms with Crippen LogP contribution >= 0.6 is 11.6 Å². The number of ether oxygens (including phenoxy) is 1. The van der Waals surface area contributed by atoms with Crippen LogP contribution in [0.15, 0.2) is 65.6 Å². The van der Waals surface area contributed by atoms with Crippen molar-refractivity contribution in [1.29, 1.82) is 0 Å². The number of nitrogens with one attached hydrogen (secondary N) is 1. The van der Waals surface area contributed by atoms with Crippen LogP contribution in [0.2, 0.25) is 5.02 Å². The molecule has 0 atom stereocenters. The number of carboxylic acids is 1. The second kappa shape index (κ2) is 7.42. The quantitative estimate of drug-likeness (QED) is 0.479. The zero-order chi connectivity index (χ0) is 20.6. The Balaban J connectivity index is 1.56. The second-order valence-electron chi connectivity index (χ2n) is 6.59. The van der Waals surface area contributed by atoms with Crippen LogP contribution in [0.3, 0.4) is 0 Å². The summed E-state index contributed by atoms with van der Waals surface area (Å²) in [5, 5.41) is 8.68. The number of hydrogen-bond acceptors (Lipinski definition) is 4. The minimum atomic E-state index is -3.88. The molecule has 0 heterocycles. The van der Waals surface area contributed by atoms with Crippen molar-refractivity contribution in [2.24, 2.45) is 0 Å². The van der Waals surface area contributed by atoms with Crippen molar-refractivity contribution in [1.82, 2.24) is 0 Å². The minimum Gasteiger partial charge on any atom is -0.480 e. The van der Waals surface area contributed by atoms with E-state index in [9.17, 15) is 13.2 Å². The minimum absolute atomic E-state index is 0.0125. The predicted molar refractivity (Wildman–Crippen MR) is 110 cm³/mol. The highest BCUT2D eigenvalue weighted by Crippen LogP contribution is 2.38. The highest BCUT2D eigenvalue weighted by molar-refractivity contribution is 7.92. The van der Waals surface area contributed by atoms with Crippen LogP contribution in [0.4, 0.5) is 5.69 Å². The van der Waals surface area contributed by atoms with Gasteiger partial charge in [-0.2, -0.15) is 0 Å². The van der Waals surface area contributed by atoms with Gasteiger partial charge in [0, 0.05) is 5.69 Å². The molecule has 0 spiro atoms. The number of sulfonamides is 1. The summed E-state index contributed by atoms with van der Waals surface area (Å²) in [5.41, 5.74) is 5.00. The van der Waals surface area contributed by atoms with Gasteiger partial charge in [0.25, 0.3) is 10.0 Å². The molecule has 4 rings (SSSR count). The van der Waals surface area contributed by atoms with Gasteiger partial charge in [0.2, 0.25) is 0 Å². The Morgan fingerprint density at radius 2 is 1.79 bits per heavy atom. The molecule has 0 bridgehead atoms. The van der Waals surface area contributed by atoms with Gasteiger partial charge in [0.1, 0.15) is 5.75 Å². The van der Waals surface area contributed by atoms with Crippen molar-refractivity contribution in [3.8, 4) is 16.9 Å². The molecule has 2 N–H and O–H groups in total. The molecule has 0 saturated heterocycles. The van der Waals surface area contributed by atoms with Crippen LogP contribution in [0.5, 0.6) is 5.75 Å². The Labute approximate surface area is 172 Å². The van der Waals surface area contributed by atoms with Crippen LogP contribution in [0, 0.1) is 0 Å². The van der Waals surface area contributed by atoms with Gasteiger partial charge < -0.3 is 9.84 Å². The third-order valence-corrected chi connectivity index (χ3v) is 6.29. The Morgan fingerprint density at radius 1 is 1.03 bits per heavy atom. The molecule has 0 radical (unpaired) electrons. The molecule has 0 unspecified atom stereocenters. The maximum absolute atomic E-state index is 12.7. The highest BCUT2D eigenvalue weighted by atomic mass is 35.5. The van der Waals surface area contributed by atoms with Crippen LogP contribution in [-0.4, -0.2) is 26.1 Å². The summed E-state index contributed by atoms with van der Waals surface area (Å²) < 4.78 is 33.1. The van der Waals surface area contributed by atoms with E-state index in [0.29, 0.717) is 5.69 Å². The van der Waals surface area contributed by atoms with Crippen molar-refractivity contribution >= 4 is 33.3 Å². The number of halogens is 1. The van der Waals surface area contributed by atoms with E-state index >= 15 is 0 Å². The van der Waals surface area contributed by atoms with Crippen molar-refractivity contribution in [3.63, 3.8) is 0 Å². The third kappa shape index (κ3) is 3.92. The van der Waals surface area contributed by atoms with Crippen molar-refractivity contribution in [2.45, 2.75) is 11.3 Å². The molecular weight excluding hydrogens is 414 g/mol. The number of hydrogen-bond donors (Lipinski definition) is 2. The number of aliphatic carboxylic acids is 1. The Hall–Kier alpha value is -3.03. The molecule has 8 heteroatoms. The van der Waals surface area contributed by atoms with Gasteiger partial charge in [-0.25, -0.2) is 13.2 Å². The monoisotopic (exact) mass is 429 g/mol. The third-order valence-electron chi connectivity index (χ3n) is 4.61. The summed E-state index contributed by atoms with van der Waals surface area (Å²) in [6, 6.07) is 17.4. The first kappa shape index (κ1) is 19.3. The molecule has 0 saturated carbocycles. The number of carboxylic acid groups (broad SMARTS) is 1. The Bertz CT molecular complexity index is 1220. The number of anilines is 1. The average Bonchev–Trinajstić information content (AvgIpc) is 3.04. The van der Waals surface area contributed by atoms with E-state index in [1.807, 2.05) is 24.3 Å². The highest BCUT2D eigenvalue weighted by Gasteiger charge is 2.21. The topological polar surface area (TPSA) is 92.7 Å². The second-order valence-corrected chi connectivity index (χ2v) is 8.68. The number of rotatable bonds is 6. The fraction of sp³-hybridized carbons (Fsp3) is 0.0952. The van der Waals surface area contributed by atoms with Gasteiger partial charge >= 0.3 is 5.97 Å². The molecule has 1 aliphatic carbocycles. The maximum atomic E-state index is 12.7. The van der Waals surface area contributed by atoms with E-state index in [4.69, 9.17) is 21.4 Å². The van der Waals surface area contributed by atoms with Gasteiger partial charge in [-0.3, -0.25) is 4.72 Å². The molecular formula is C21H16ClNO5S. The molecule has 3 aromatic rings. The Morgan fingerprint density at radius 3 is 2.55 bits per heavy atom. The molecule has 0 aliphatic heterocycles. The van der Waals surface area contributed by atoms with Crippen molar-refractivity contribution in [2.75, 3.05) is 11.3 Å². The lowest BCUT2D eigenvalue weighted by Gasteiger charge is -2.11. The fourth-order valence-corrected chi connectivity index (χ4v) is 4.70. The number of fused-ring (bicyclic) bond motifs is 3. The lowest BCUT2D eigenvalue weighted by molar-refractivity contribution is -0.139. The van der Waals surface area contributed by atoms with E-state index < -0.39 is 22.6 Å². The van der Waals surface area contributed by atoms with E-state index in [0.717, 1.165) is 17.5 Å². The van der Waals surface area contributed by atoms with Crippen LogP contribution < -0.4 is 9.46 Å². The van der Waals surface area contributed by atoms with E-state index in [-0.39, 0.29) is 15.7 Å². The average molecular weight is 430 g/mol. The summed E-state index contributed by atoms with van der Waals surface area (Å²) in [4.78, 5) is 10.5. The SMILES string of the molecule is O=C(O)COc1ccc(S(=O)(=O)Nc2ccc3c(c2)Cc2ccccc2-3)cc1Cl. The zero-order valence-electron chi connectivity index (χ0n) is 15.1. The predicted octanol–water partition coefficient (Wildman–Crippen LogP) is 4.18.